The van der Waals surface area contributed by atoms with Gasteiger partial charge in [-0.05, 0) is 36.2 Å². The smallest absolute Gasteiger partial charge is 0.290 e. The van der Waals surface area contributed by atoms with Gasteiger partial charge in [0.25, 0.3) is 11.5 Å². The highest BCUT2D eigenvalue weighted by atomic mass is 35.5. The first-order valence-corrected chi connectivity index (χ1v) is 12.7. The van der Waals surface area contributed by atoms with Gasteiger partial charge < -0.3 is 19.5 Å². The summed E-state index contributed by atoms with van der Waals surface area (Å²) in [6.45, 7) is 0.606. The normalized spacial score (nSPS) is 14.6. The fourth-order valence-electron chi connectivity index (χ4n) is 5.00. The molecule has 0 bridgehead atoms. The number of hydrogen-bond donors (Lipinski definition) is 1. The van der Waals surface area contributed by atoms with Gasteiger partial charge in [0, 0.05) is 37.0 Å². The van der Waals surface area contributed by atoms with E-state index in [9.17, 15) is 20.0 Å². The Labute approximate surface area is 234 Å². The Hall–Kier alpha value is -4.88. The molecule has 10 nitrogen and oxygen atoms in total. The number of methoxy groups -OCH3 is 2. The maximum absolute atomic E-state index is 13.8. The molecule has 4 aromatic rings. The van der Waals surface area contributed by atoms with Gasteiger partial charge in [0.15, 0.2) is 11.4 Å². The number of amides is 1. The minimum atomic E-state index is -0.913. The lowest BCUT2D eigenvalue weighted by Gasteiger charge is -2.22. The van der Waals surface area contributed by atoms with Gasteiger partial charge in [0.2, 0.25) is 5.88 Å². The van der Waals surface area contributed by atoms with Crippen LogP contribution in [-0.4, -0.2) is 57.8 Å². The molecule has 1 aliphatic rings. The Morgan fingerprint density at radius 3 is 2.52 bits per heavy atom. The van der Waals surface area contributed by atoms with E-state index in [1.165, 1.54) is 42.1 Å². The second-order valence-electron chi connectivity index (χ2n) is 9.11. The number of nitrogens with zero attached hydrogens (tertiary/aromatic N) is 5. The molecule has 11 heteroatoms. The van der Waals surface area contributed by atoms with Gasteiger partial charge in [-0.25, -0.2) is 0 Å². The highest BCUT2D eigenvalue weighted by Gasteiger charge is 2.34. The fourth-order valence-corrected chi connectivity index (χ4v) is 5.17. The van der Waals surface area contributed by atoms with Gasteiger partial charge in [-0.3, -0.25) is 19.1 Å². The molecule has 1 saturated heterocycles. The van der Waals surface area contributed by atoms with Gasteiger partial charge in [0.05, 0.1) is 30.9 Å². The van der Waals surface area contributed by atoms with E-state index in [2.05, 4.69) is 16.0 Å². The predicted octanol–water partition coefficient (Wildman–Crippen LogP) is 4.17. The molecule has 0 aliphatic carbocycles. The molecule has 1 aliphatic heterocycles. The third-order valence-corrected chi connectivity index (χ3v) is 7.07. The molecule has 202 valence electrons. The van der Waals surface area contributed by atoms with Crippen molar-refractivity contribution in [3.8, 4) is 40.5 Å². The largest absolute Gasteiger partial charge is 0.494 e. The molecule has 1 fully saturated rings. The summed E-state index contributed by atoms with van der Waals surface area (Å²) in [4.78, 5) is 36.9. The molecule has 2 aromatic carbocycles. The van der Waals surface area contributed by atoms with E-state index < -0.39 is 22.9 Å². The van der Waals surface area contributed by atoms with E-state index in [1.54, 1.807) is 30.3 Å². The lowest BCUT2D eigenvalue weighted by Crippen LogP contribution is -2.34. The lowest BCUT2D eigenvalue weighted by molar-refractivity contribution is 0.0784. The molecule has 1 atom stereocenters. The number of carbonyl (C=O) groups is 1. The van der Waals surface area contributed by atoms with Crippen LogP contribution in [0.25, 0.3) is 17.1 Å². The minimum Gasteiger partial charge on any atom is -0.494 e. The maximum Gasteiger partial charge on any atom is 0.290 e. The summed E-state index contributed by atoms with van der Waals surface area (Å²) in [6.07, 6.45) is 3.45. The van der Waals surface area contributed by atoms with Crippen molar-refractivity contribution in [3.63, 3.8) is 0 Å². The second kappa shape index (κ2) is 11.1. The van der Waals surface area contributed by atoms with Crippen LogP contribution in [0.4, 0.5) is 0 Å². The number of aromatic hydroxyl groups is 1. The summed E-state index contributed by atoms with van der Waals surface area (Å²) >= 11 is 6.17. The van der Waals surface area contributed by atoms with Crippen LogP contribution >= 0.6 is 11.6 Å². The molecule has 40 heavy (non-hydrogen) atoms. The number of para-hydroxylation sites is 1. The average molecular weight is 558 g/mol. The number of pyridine rings is 1. The highest BCUT2D eigenvalue weighted by molar-refractivity contribution is 6.30. The van der Waals surface area contributed by atoms with Crippen LogP contribution in [0.1, 0.15) is 33.8 Å². The van der Waals surface area contributed by atoms with Crippen molar-refractivity contribution in [2.45, 2.75) is 12.3 Å². The number of hydrogen-bond acceptors (Lipinski definition) is 8. The van der Waals surface area contributed by atoms with Crippen LogP contribution < -0.4 is 15.0 Å². The first-order chi connectivity index (χ1) is 19.4. The quantitative estimate of drug-likeness (QED) is 0.374. The van der Waals surface area contributed by atoms with Gasteiger partial charge in [-0.1, -0.05) is 35.9 Å². The number of carbonyl (C=O) groups excluding carboxylic acids is 1. The maximum atomic E-state index is 13.8. The Balaban J connectivity index is 1.66. The molecule has 0 spiro atoms. The van der Waals surface area contributed by atoms with Crippen molar-refractivity contribution >= 4 is 17.5 Å². The standard InChI is InChI=1S/C29H24ClN5O5/c1-39-22-8-5-9-23(40-2)25(22)35-26(19-12-20(30)15-32-14-19)33-27(36)24(29(35)38)28(37)34-11-10-18(16-34)21-7-4-3-6-17(21)13-31/h3-9,12,14-15,18,38H,10-11,16H2,1-2H3. The van der Waals surface area contributed by atoms with E-state index in [0.29, 0.717) is 35.6 Å². The van der Waals surface area contributed by atoms with Crippen molar-refractivity contribution in [2.24, 2.45) is 0 Å². The van der Waals surface area contributed by atoms with Crippen molar-refractivity contribution in [1.29, 1.82) is 5.26 Å². The Morgan fingerprint density at radius 2 is 1.85 bits per heavy atom. The second-order valence-corrected chi connectivity index (χ2v) is 9.55. The van der Waals surface area contributed by atoms with Gasteiger partial charge in [-0.2, -0.15) is 10.2 Å². The number of likely N-dealkylation sites (tertiary alicyclic amines) is 1. The Kier molecular flexibility index (Phi) is 7.40. The first-order valence-electron chi connectivity index (χ1n) is 12.3. The van der Waals surface area contributed by atoms with Crippen molar-refractivity contribution in [3.05, 3.63) is 93.0 Å². The molecule has 5 rings (SSSR count). The zero-order chi connectivity index (χ0) is 28.4. The number of ether oxygens (including phenoxy) is 2. The third-order valence-electron chi connectivity index (χ3n) is 6.87. The molecule has 0 radical (unpaired) electrons. The SMILES string of the molecule is COc1cccc(OC)c1-n1c(-c2cncc(Cl)c2)nc(=O)c(C(=O)N2CCC(c3ccccc3C#N)C2)c1O. The zero-order valence-corrected chi connectivity index (χ0v) is 22.4. The monoisotopic (exact) mass is 557 g/mol. The summed E-state index contributed by atoms with van der Waals surface area (Å²) in [5.74, 6) is -0.829. The number of nitriles is 1. The molecular weight excluding hydrogens is 534 g/mol. The van der Waals surface area contributed by atoms with E-state index in [-0.39, 0.29) is 29.0 Å². The number of halogens is 1. The molecular formula is C29H24ClN5O5. The van der Waals surface area contributed by atoms with Crippen molar-refractivity contribution in [1.82, 2.24) is 19.4 Å². The minimum absolute atomic E-state index is 0.0147. The van der Waals surface area contributed by atoms with Gasteiger partial charge in [0.1, 0.15) is 17.2 Å². The Bertz CT molecular complexity index is 1690. The van der Waals surface area contributed by atoms with Crippen molar-refractivity contribution in [2.75, 3.05) is 27.3 Å². The summed E-state index contributed by atoms with van der Waals surface area (Å²) in [7, 11) is 2.89. The van der Waals surface area contributed by atoms with E-state index in [0.717, 1.165) is 5.56 Å². The van der Waals surface area contributed by atoms with Crippen LogP contribution in [0.3, 0.4) is 0 Å². The first kappa shape index (κ1) is 26.7. The third kappa shape index (κ3) is 4.72. The van der Waals surface area contributed by atoms with Crippen LogP contribution in [-0.2, 0) is 0 Å². The highest BCUT2D eigenvalue weighted by Crippen LogP contribution is 2.39. The number of rotatable bonds is 6. The molecule has 3 heterocycles. The van der Waals surface area contributed by atoms with E-state index in [4.69, 9.17) is 21.1 Å². The Morgan fingerprint density at radius 1 is 1.12 bits per heavy atom. The van der Waals surface area contributed by atoms with Crippen LogP contribution in [0, 0.1) is 11.3 Å². The average Bonchev–Trinajstić information content (AvgIpc) is 3.47. The van der Waals surface area contributed by atoms with Crippen LogP contribution in [0.2, 0.25) is 5.02 Å². The van der Waals surface area contributed by atoms with Crippen molar-refractivity contribution < 1.29 is 19.4 Å². The summed E-state index contributed by atoms with van der Waals surface area (Å²) in [6, 6.07) is 16.0. The van der Waals surface area contributed by atoms with E-state index in [1.807, 2.05) is 12.1 Å². The summed E-state index contributed by atoms with van der Waals surface area (Å²) < 4.78 is 12.3. The number of aromatic nitrogens is 3. The predicted molar refractivity (Wildman–Crippen MR) is 147 cm³/mol. The van der Waals surface area contributed by atoms with Gasteiger partial charge >= 0.3 is 0 Å². The van der Waals surface area contributed by atoms with Gasteiger partial charge in [-0.15, -0.1) is 0 Å². The fraction of sp³-hybridized carbons (Fsp3) is 0.207. The van der Waals surface area contributed by atoms with Crippen LogP contribution in [0.15, 0.2) is 65.7 Å². The molecule has 1 N–H and O–H groups in total. The summed E-state index contributed by atoms with van der Waals surface area (Å²) in [5.41, 5.74) is 0.508. The van der Waals surface area contributed by atoms with Crippen LogP contribution in [0.5, 0.6) is 17.4 Å². The number of benzene rings is 2. The zero-order valence-electron chi connectivity index (χ0n) is 21.7. The molecule has 2 aromatic heterocycles. The topological polar surface area (TPSA) is 131 Å². The molecule has 1 amide bonds. The lowest BCUT2D eigenvalue weighted by atomic mass is 9.94. The molecule has 1 unspecified atom stereocenters. The summed E-state index contributed by atoms with van der Waals surface area (Å²) in [5, 5.41) is 21.4. The van der Waals surface area contributed by atoms with E-state index >= 15 is 0 Å². The molecule has 0 saturated carbocycles.